The first-order valence-electron chi connectivity index (χ1n) is 6.21. The van der Waals surface area contributed by atoms with Crippen LogP contribution in [-0.2, 0) is 0 Å². The quantitative estimate of drug-likeness (QED) is 0.746. The molecule has 20 heavy (non-hydrogen) atoms. The van der Waals surface area contributed by atoms with Crippen molar-refractivity contribution in [2.75, 3.05) is 11.9 Å². The summed E-state index contributed by atoms with van der Waals surface area (Å²) in [7, 11) is 0. The van der Waals surface area contributed by atoms with Gasteiger partial charge in [0.1, 0.15) is 11.9 Å². The Hall–Kier alpha value is -1.09. The van der Waals surface area contributed by atoms with Crippen LogP contribution >= 0.6 is 34.8 Å². The minimum atomic E-state index is -0.173. The largest absolute Gasteiger partial charge is 0.481 e. The van der Waals surface area contributed by atoms with Gasteiger partial charge in [0.05, 0.1) is 22.3 Å². The van der Waals surface area contributed by atoms with E-state index < -0.39 is 0 Å². The first-order chi connectivity index (χ1) is 9.56. The van der Waals surface area contributed by atoms with Crippen LogP contribution in [0.4, 0.5) is 5.69 Å². The number of halogens is 3. The monoisotopic (exact) mass is 327 g/mol. The molecule has 1 aliphatic rings. The number of nitrogens with one attached hydrogen (secondary N) is 1. The van der Waals surface area contributed by atoms with Crippen molar-refractivity contribution in [3.8, 4) is 5.75 Å². The molecule has 1 atom stereocenters. The van der Waals surface area contributed by atoms with Crippen LogP contribution in [0.5, 0.6) is 5.75 Å². The van der Waals surface area contributed by atoms with Crippen molar-refractivity contribution < 1.29 is 4.74 Å². The van der Waals surface area contributed by atoms with Gasteiger partial charge >= 0.3 is 0 Å². The SMILES string of the molecule is Cc1cc(Cl)cc2c1OC(c1cccc(Cl)c1Cl)CN2. The molecule has 0 aliphatic carbocycles. The highest BCUT2D eigenvalue weighted by atomic mass is 35.5. The summed E-state index contributed by atoms with van der Waals surface area (Å²) in [6.07, 6.45) is -0.173. The minimum Gasteiger partial charge on any atom is -0.481 e. The number of fused-ring (bicyclic) bond motifs is 1. The van der Waals surface area contributed by atoms with Gasteiger partial charge in [0.15, 0.2) is 0 Å². The van der Waals surface area contributed by atoms with Crippen LogP contribution in [0, 0.1) is 6.92 Å². The van der Waals surface area contributed by atoms with Crippen LogP contribution in [0.3, 0.4) is 0 Å². The third kappa shape index (κ3) is 2.44. The topological polar surface area (TPSA) is 21.3 Å². The van der Waals surface area contributed by atoms with Crippen LogP contribution in [0.2, 0.25) is 15.1 Å². The number of hydrogen-bond acceptors (Lipinski definition) is 2. The fourth-order valence-electron chi connectivity index (χ4n) is 2.35. The Kier molecular flexibility index (Phi) is 3.72. The first-order valence-corrected chi connectivity index (χ1v) is 7.34. The highest BCUT2D eigenvalue weighted by Gasteiger charge is 2.25. The molecule has 0 saturated carbocycles. The summed E-state index contributed by atoms with van der Waals surface area (Å²) in [4.78, 5) is 0. The zero-order chi connectivity index (χ0) is 14.3. The predicted octanol–water partition coefficient (Wildman–Crippen LogP) is 5.50. The number of hydrogen-bond donors (Lipinski definition) is 1. The van der Waals surface area contributed by atoms with Crippen molar-refractivity contribution in [1.82, 2.24) is 0 Å². The first kappa shape index (κ1) is 13.9. The third-order valence-corrected chi connectivity index (χ3v) is 4.36. The average Bonchev–Trinajstić information content (AvgIpc) is 2.41. The second-order valence-electron chi connectivity index (χ2n) is 4.73. The number of aryl methyl sites for hydroxylation is 1. The van der Waals surface area contributed by atoms with E-state index in [0.29, 0.717) is 21.6 Å². The Morgan fingerprint density at radius 3 is 2.80 bits per heavy atom. The minimum absolute atomic E-state index is 0.173. The smallest absolute Gasteiger partial charge is 0.146 e. The van der Waals surface area contributed by atoms with Gasteiger partial charge in [-0.1, -0.05) is 46.9 Å². The molecular weight excluding hydrogens is 317 g/mol. The summed E-state index contributed by atoms with van der Waals surface area (Å²) in [6, 6.07) is 9.31. The van der Waals surface area contributed by atoms with E-state index in [-0.39, 0.29) is 6.10 Å². The summed E-state index contributed by atoms with van der Waals surface area (Å²) in [5, 5.41) is 5.09. The van der Waals surface area contributed by atoms with Crippen LogP contribution in [0.15, 0.2) is 30.3 Å². The van der Waals surface area contributed by atoms with Crippen molar-refractivity contribution in [2.45, 2.75) is 13.0 Å². The molecule has 104 valence electrons. The molecule has 1 aliphatic heterocycles. The third-order valence-electron chi connectivity index (χ3n) is 3.31. The van der Waals surface area contributed by atoms with Crippen molar-refractivity contribution in [1.29, 1.82) is 0 Å². The van der Waals surface area contributed by atoms with Gasteiger partial charge in [-0.3, -0.25) is 0 Å². The molecule has 0 amide bonds. The number of benzene rings is 2. The Morgan fingerprint density at radius 2 is 2.00 bits per heavy atom. The lowest BCUT2D eigenvalue weighted by molar-refractivity contribution is 0.209. The highest BCUT2D eigenvalue weighted by Crippen LogP contribution is 2.41. The molecule has 1 N–H and O–H groups in total. The van der Waals surface area contributed by atoms with Crippen LogP contribution in [0.25, 0.3) is 0 Å². The summed E-state index contributed by atoms with van der Waals surface area (Å²) in [5.74, 6) is 0.807. The van der Waals surface area contributed by atoms with Crippen molar-refractivity contribution >= 4 is 40.5 Å². The summed E-state index contributed by atoms with van der Waals surface area (Å²) in [5.41, 5.74) is 2.78. The van der Waals surface area contributed by atoms with Crippen LogP contribution in [-0.4, -0.2) is 6.54 Å². The lowest BCUT2D eigenvalue weighted by Crippen LogP contribution is -2.24. The van der Waals surface area contributed by atoms with E-state index in [1.807, 2.05) is 31.2 Å². The van der Waals surface area contributed by atoms with E-state index >= 15 is 0 Å². The maximum Gasteiger partial charge on any atom is 0.146 e. The molecule has 0 fully saturated rings. The molecule has 0 bridgehead atoms. The molecule has 0 saturated heterocycles. The van der Waals surface area contributed by atoms with Crippen molar-refractivity contribution in [3.05, 3.63) is 56.5 Å². The Labute approximate surface area is 132 Å². The number of anilines is 1. The van der Waals surface area contributed by atoms with Crippen LogP contribution in [0.1, 0.15) is 17.2 Å². The van der Waals surface area contributed by atoms with Gasteiger partial charge in [-0.05, 0) is 30.7 Å². The fourth-order valence-corrected chi connectivity index (χ4v) is 3.05. The lowest BCUT2D eigenvalue weighted by atomic mass is 10.1. The molecule has 3 rings (SSSR count). The molecule has 0 radical (unpaired) electrons. The van der Waals surface area contributed by atoms with E-state index in [4.69, 9.17) is 39.5 Å². The Balaban J connectivity index is 1.98. The molecule has 5 heteroatoms. The predicted molar refractivity (Wildman–Crippen MR) is 84.5 cm³/mol. The highest BCUT2D eigenvalue weighted by molar-refractivity contribution is 6.42. The van der Waals surface area contributed by atoms with E-state index in [0.717, 1.165) is 22.6 Å². The lowest BCUT2D eigenvalue weighted by Gasteiger charge is -2.29. The van der Waals surface area contributed by atoms with Crippen molar-refractivity contribution in [2.24, 2.45) is 0 Å². The standard InChI is InChI=1S/C15H12Cl3NO/c1-8-5-9(16)6-12-15(8)20-13(7-19-12)10-3-2-4-11(17)14(10)18/h2-6,13,19H,7H2,1H3. The van der Waals surface area contributed by atoms with Gasteiger partial charge in [-0.25, -0.2) is 0 Å². The Bertz CT molecular complexity index is 672. The van der Waals surface area contributed by atoms with Crippen molar-refractivity contribution in [3.63, 3.8) is 0 Å². The molecule has 1 unspecified atom stereocenters. The molecule has 1 heterocycles. The molecular formula is C15H12Cl3NO. The van der Waals surface area contributed by atoms with Gasteiger partial charge in [0.2, 0.25) is 0 Å². The summed E-state index contributed by atoms with van der Waals surface area (Å²) >= 11 is 18.4. The van der Waals surface area contributed by atoms with Gasteiger partial charge in [-0.2, -0.15) is 0 Å². The van der Waals surface area contributed by atoms with E-state index in [1.165, 1.54) is 0 Å². The summed E-state index contributed by atoms with van der Waals surface area (Å²) < 4.78 is 6.08. The molecule has 0 spiro atoms. The average molecular weight is 329 g/mol. The van der Waals surface area contributed by atoms with Gasteiger partial charge in [0.25, 0.3) is 0 Å². The maximum absolute atomic E-state index is 6.26. The molecule has 2 aromatic carbocycles. The molecule has 2 nitrogen and oxygen atoms in total. The fraction of sp³-hybridized carbons (Fsp3) is 0.200. The second-order valence-corrected chi connectivity index (χ2v) is 5.95. The number of rotatable bonds is 1. The Morgan fingerprint density at radius 1 is 1.20 bits per heavy atom. The number of ether oxygens (including phenoxy) is 1. The van der Waals surface area contributed by atoms with Crippen LogP contribution < -0.4 is 10.1 Å². The van der Waals surface area contributed by atoms with E-state index in [9.17, 15) is 0 Å². The molecule has 0 aromatic heterocycles. The van der Waals surface area contributed by atoms with E-state index in [2.05, 4.69) is 5.32 Å². The summed E-state index contributed by atoms with van der Waals surface area (Å²) in [6.45, 7) is 2.58. The second kappa shape index (κ2) is 5.36. The van der Waals surface area contributed by atoms with Gasteiger partial charge in [0, 0.05) is 10.6 Å². The zero-order valence-electron chi connectivity index (χ0n) is 10.7. The zero-order valence-corrected chi connectivity index (χ0v) is 13.0. The normalized spacial score (nSPS) is 17.1. The van der Waals surface area contributed by atoms with E-state index in [1.54, 1.807) is 6.07 Å². The maximum atomic E-state index is 6.26. The van der Waals surface area contributed by atoms with Gasteiger partial charge < -0.3 is 10.1 Å². The molecule has 2 aromatic rings. The van der Waals surface area contributed by atoms with Gasteiger partial charge in [-0.15, -0.1) is 0 Å².